The fraction of sp³-hybridized carbons (Fsp3) is 0.714. The van der Waals surface area contributed by atoms with Gasteiger partial charge < -0.3 is 4.98 Å². The van der Waals surface area contributed by atoms with E-state index in [1.165, 1.54) is 31.4 Å². The van der Waals surface area contributed by atoms with Crippen LogP contribution in [0.1, 0.15) is 63.9 Å². The van der Waals surface area contributed by atoms with Gasteiger partial charge in [0.2, 0.25) is 0 Å². The lowest BCUT2D eigenvalue weighted by molar-refractivity contribution is 0.687. The molecule has 0 unspecified atom stereocenters. The Labute approximate surface area is 119 Å². The van der Waals surface area contributed by atoms with Crippen molar-refractivity contribution in [2.24, 2.45) is 0 Å². The Hall–Kier alpha value is -0.350. The average Bonchev–Trinajstić information content (AvgIpc) is 2.78. The Kier molecular flexibility index (Phi) is 4.49. The van der Waals surface area contributed by atoms with E-state index in [1.54, 1.807) is 0 Å². The zero-order valence-corrected chi connectivity index (χ0v) is 13.1. The van der Waals surface area contributed by atoms with E-state index < -0.39 is 0 Å². The first kappa shape index (κ1) is 14.1. The highest BCUT2D eigenvalue weighted by molar-refractivity contribution is 7.99. The fourth-order valence-corrected chi connectivity index (χ4v) is 3.28. The van der Waals surface area contributed by atoms with Crippen LogP contribution in [0, 0.1) is 4.64 Å². The van der Waals surface area contributed by atoms with Crippen molar-refractivity contribution < 1.29 is 0 Å². The molecule has 1 N–H and O–H groups in total. The zero-order chi connectivity index (χ0) is 13.2. The maximum atomic E-state index is 5.29. The molecule has 100 valence electrons. The quantitative estimate of drug-likeness (QED) is 0.805. The van der Waals surface area contributed by atoms with Gasteiger partial charge in [-0.2, -0.15) is 0 Å². The van der Waals surface area contributed by atoms with E-state index in [2.05, 4.69) is 36.8 Å². The van der Waals surface area contributed by atoms with E-state index in [4.69, 9.17) is 12.2 Å². The van der Waals surface area contributed by atoms with Crippen molar-refractivity contribution >= 4 is 24.0 Å². The summed E-state index contributed by atoms with van der Waals surface area (Å²) >= 11 is 7.20. The molecule has 1 aromatic rings. The predicted octanol–water partition coefficient (Wildman–Crippen LogP) is 4.83. The van der Waals surface area contributed by atoms with E-state index in [0.29, 0.717) is 5.92 Å². The SMILES string of the molecule is CC(C)(C)SCc1nc(=S)cc(C2CCCC2)[nH]1. The third kappa shape index (κ3) is 4.09. The van der Waals surface area contributed by atoms with Gasteiger partial charge in [0.15, 0.2) is 0 Å². The van der Waals surface area contributed by atoms with Crippen LogP contribution in [-0.4, -0.2) is 14.7 Å². The summed E-state index contributed by atoms with van der Waals surface area (Å²) in [7, 11) is 0. The molecule has 0 radical (unpaired) electrons. The van der Waals surface area contributed by atoms with Gasteiger partial charge in [-0.1, -0.05) is 45.8 Å². The molecule has 0 spiro atoms. The first-order valence-electron chi connectivity index (χ1n) is 6.68. The van der Waals surface area contributed by atoms with Gasteiger partial charge in [0.1, 0.15) is 10.5 Å². The third-order valence-electron chi connectivity index (χ3n) is 3.25. The minimum Gasteiger partial charge on any atom is -0.346 e. The molecule has 1 saturated carbocycles. The summed E-state index contributed by atoms with van der Waals surface area (Å²) in [5.74, 6) is 2.62. The summed E-state index contributed by atoms with van der Waals surface area (Å²) < 4.78 is 1.00. The Morgan fingerprint density at radius 3 is 2.67 bits per heavy atom. The average molecular weight is 282 g/mol. The number of rotatable bonds is 3. The van der Waals surface area contributed by atoms with Crippen molar-refractivity contribution in [1.29, 1.82) is 0 Å². The molecule has 0 amide bonds. The maximum absolute atomic E-state index is 5.29. The zero-order valence-electron chi connectivity index (χ0n) is 11.5. The normalized spacial score (nSPS) is 17.3. The van der Waals surface area contributed by atoms with Gasteiger partial charge in [-0.15, -0.1) is 11.8 Å². The molecule has 1 aliphatic carbocycles. The number of H-pyrrole nitrogens is 1. The highest BCUT2D eigenvalue weighted by Gasteiger charge is 2.19. The minimum absolute atomic E-state index is 0.264. The van der Waals surface area contributed by atoms with Crippen LogP contribution in [0.15, 0.2) is 6.07 Å². The summed E-state index contributed by atoms with van der Waals surface area (Å²) in [5.41, 5.74) is 1.30. The maximum Gasteiger partial charge on any atom is 0.130 e. The van der Waals surface area contributed by atoms with E-state index in [-0.39, 0.29) is 4.75 Å². The topological polar surface area (TPSA) is 28.7 Å². The number of nitrogens with zero attached hydrogens (tertiary/aromatic N) is 1. The first-order valence-corrected chi connectivity index (χ1v) is 8.07. The van der Waals surface area contributed by atoms with Gasteiger partial charge >= 0.3 is 0 Å². The molecule has 1 aromatic heterocycles. The summed E-state index contributed by atoms with van der Waals surface area (Å²) in [6.07, 6.45) is 5.28. The van der Waals surface area contributed by atoms with Gasteiger partial charge in [-0.25, -0.2) is 4.98 Å². The van der Waals surface area contributed by atoms with Crippen LogP contribution in [-0.2, 0) is 5.75 Å². The number of hydrogen-bond donors (Lipinski definition) is 1. The Morgan fingerprint density at radius 2 is 2.06 bits per heavy atom. The molecule has 1 fully saturated rings. The molecule has 4 heteroatoms. The van der Waals surface area contributed by atoms with E-state index in [9.17, 15) is 0 Å². The summed E-state index contributed by atoms with van der Waals surface area (Å²) in [6, 6.07) is 2.05. The molecule has 2 rings (SSSR count). The van der Waals surface area contributed by atoms with Gasteiger partial charge in [0.05, 0.1) is 5.75 Å². The van der Waals surface area contributed by atoms with Gasteiger partial charge in [-0.05, 0) is 24.8 Å². The highest BCUT2D eigenvalue weighted by Crippen LogP contribution is 2.33. The summed E-state index contributed by atoms with van der Waals surface area (Å²) in [4.78, 5) is 7.95. The fourth-order valence-electron chi connectivity index (χ4n) is 2.34. The van der Waals surface area contributed by atoms with Crippen molar-refractivity contribution in [3.63, 3.8) is 0 Å². The molecular weight excluding hydrogens is 260 g/mol. The minimum atomic E-state index is 0.264. The number of hydrogen-bond acceptors (Lipinski definition) is 3. The lowest BCUT2D eigenvalue weighted by Crippen LogP contribution is -2.09. The van der Waals surface area contributed by atoms with Crippen molar-refractivity contribution in [3.05, 3.63) is 22.2 Å². The summed E-state index contributed by atoms with van der Waals surface area (Å²) in [6.45, 7) is 6.69. The third-order valence-corrected chi connectivity index (χ3v) is 4.74. The predicted molar refractivity (Wildman–Crippen MR) is 81.7 cm³/mol. The molecule has 0 bridgehead atoms. The van der Waals surface area contributed by atoms with Crippen molar-refractivity contribution in [2.75, 3.05) is 0 Å². The van der Waals surface area contributed by atoms with Crippen LogP contribution in [0.25, 0.3) is 0 Å². The Balaban J connectivity index is 2.13. The second kappa shape index (κ2) is 5.74. The van der Waals surface area contributed by atoms with Crippen LogP contribution in [0.4, 0.5) is 0 Å². The van der Waals surface area contributed by atoms with E-state index in [0.717, 1.165) is 16.2 Å². The smallest absolute Gasteiger partial charge is 0.130 e. The Bertz CT molecular complexity index is 454. The number of nitrogens with one attached hydrogen (secondary N) is 1. The standard InChI is InChI=1S/C14H22N2S2/c1-14(2,3)18-9-12-15-11(8-13(17)16-12)10-6-4-5-7-10/h8,10H,4-7,9H2,1-3H3,(H,15,16,17). The van der Waals surface area contributed by atoms with Crippen molar-refractivity contribution in [1.82, 2.24) is 9.97 Å². The van der Waals surface area contributed by atoms with E-state index >= 15 is 0 Å². The number of thioether (sulfide) groups is 1. The molecule has 0 aromatic carbocycles. The largest absolute Gasteiger partial charge is 0.346 e. The molecule has 2 nitrogen and oxygen atoms in total. The number of aromatic nitrogens is 2. The van der Waals surface area contributed by atoms with Crippen LogP contribution >= 0.6 is 24.0 Å². The molecule has 0 aliphatic heterocycles. The molecular formula is C14H22N2S2. The van der Waals surface area contributed by atoms with Crippen molar-refractivity contribution in [2.45, 2.75) is 62.9 Å². The lowest BCUT2D eigenvalue weighted by Gasteiger charge is -2.18. The lowest BCUT2D eigenvalue weighted by atomic mass is 10.0. The van der Waals surface area contributed by atoms with Gasteiger partial charge in [0, 0.05) is 10.4 Å². The van der Waals surface area contributed by atoms with Crippen molar-refractivity contribution in [3.8, 4) is 0 Å². The van der Waals surface area contributed by atoms with Crippen LogP contribution < -0.4 is 0 Å². The van der Waals surface area contributed by atoms with Crippen LogP contribution in [0.2, 0.25) is 0 Å². The van der Waals surface area contributed by atoms with Gasteiger partial charge in [-0.3, -0.25) is 0 Å². The highest BCUT2D eigenvalue weighted by atomic mass is 32.2. The second-order valence-electron chi connectivity index (χ2n) is 6.00. The second-order valence-corrected chi connectivity index (χ2v) is 8.22. The van der Waals surface area contributed by atoms with Gasteiger partial charge in [0.25, 0.3) is 0 Å². The molecule has 0 saturated heterocycles. The van der Waals surface area contributed by atoms with E-state index in [1.807, 2.05) is 11.8 Å². The summed E-state index contributed by atoms with van der Waals surface area (Å²) in [5, 5.41) is 0. The molecule has 1 aliphatic rings. The first-order chi connectivity index (χ1) is 8.44. The molecule has 18 heavy (non-hydrogen) atoms. The molecule has 1 heterocycles. The monoisotopic (exact) mass is 282 g/mol. The number of aromatic amines is 1. The van der Waals surface area contributed by atoms with Crippen LogP contribution in [0.5, 0.6) is 0 Å². The molecule has 0 atom stereocenters. The Morgan fingerprint density at radius 1 is 1.39 bits per heavy atom. The van der Waals surface area contributed by atoms with Crippen LogP contribution in [0.3, 0.4) is 0 Å².